The summed E-state index contributed by atoms with van der Waals surface area (Å²) in [6, 6.07) is 4.49. The van der Waals surface area contributed by atoms with Gasteiger partial charge in [0.2, 0.25) is 0 Å². The molecule has 2 unspecified atom stereocenters. The highest BCUT2D eigenvalue weighted by Crippen LogP contribution is 2.30. The molecule has 2 rings (SSSR count). The first-order valence-electron chi connectivity index (χ1n) is 7.55. The Balaban J connectivity index is 2.27. The summed E-state index contributed by atoms with van der Waals surface area (Å²) in [5.74, 6) is -0.445. The molecule has 0 aliphatic heterocycles. The lowest BCUT2D eigenvalue weighted by Gasteiger charge is -2.39. The van der Waals surface area contributed by atoms with E-state index in [9.17, 15) is 9.18 Å². The molecular weight excluding hydrogens is 291 g/mol. The standard InChI is InChI=1S/C16H22ClFN2O/c1-2-20(14-9-4-3-6-11(14)10-19)16(21)12-7-5-8-13(18)15(12)17/h5,7-8,11,14H,2-4,6,9-10,19H2,1H3. The average Bonchev–Trinajstić information content (AvgIpc) is 2.51. The molecule has 0 radical (unpaired) electrons. The highest BCUT2D eigenvalue weighted by atomic mass is 35.5. The summed E-state index contributed by atoms with van der Waals surface area (Å²) in [5, 5.41) is -0.0962. The Bertz CT molecular complexity index is 509. The van der Waals surface area contributed by atoms with E-state index in [1.807, 2.05) is 6.92 Å². The first kappa shape index (κ1) is 16.2. The van der Waals surface area contributed by atoms with E-state index in [1.54, 1.807) is 11.0 Å². The van der Waals surface area contributed by atoms with E-state index in [-0.39, 0.29) is 22.5 Å². The van der Waals surface area contributed by atoms with Crippen molar-refractivity contribution in [2.24, 2.45) is 11.7 Å². The van der Waals surface area contributed by atoms with Crippen molar-refractivity contribution < 1.29 is 9.18 Å². The van der Waals surface area contributed by atoms with Crippen molar-refractivity contribution in [2.75, 3.05) is 13.1 Å². The smallest absolute Gasteiger partial charge is 0.255 e. The Morgan fingerprint density at radius 3 is 2.81 bits per heavy atom. The van der Waals surface area contributed by atoms with Crippen molar-refractivity contribution in [3.05, 3.63) is 34.6 Å². The molecule has 1 amide bonds. The quantitative estimate of drug-likeness (QED) is 0.925. The van der Waals surface area contributed by atoms with Gasteiger partial charge in [-0.2, -0.15) is 0 Å². The molecule has 1 saturated carbocycles. The van der Waals surface area contributed by atoms with E-state index >= 15 is 0 Å². The van der Waals surface area contributed by atoms with Gasteiger partial charge in [0.15, 0.2) is 0 Å². The summed E-state index contributed by atoms with van der Waals surface area (Å²) in [6.07, 6.45) is 4.25. The van der Waals surface area contributed by atoms with Gasteiger partial charge >= 0.3 is 0 Å². The summed E-state index contributed by atoms with van der Waals surface area (Å²) in [6.45, 7) is 3.09. The Morgan fingerprint density at radius 1 is 1.43 bits per heavy atom. The van der Waals surface area contributed by atoms with Crippen LogP contribution in [-0.2, 0) is 0 Å². The molecule has 0 bridgehead atoms. The van der Waals surface area contributed by atoms with Crippen molar-refractivity contribution in [1.29, 1.82) is 0 Å². The fourth-order valence-electron chi connectivity index (χ4n) is 3.23. The fraction of sp³-hybridized carbons (Fsp3) is 0.562. The molecule has 1 aliphatic carbocycles. The molecule has 0 saturated heterocycles. The highest BCUT2D eigenvalue weighted by molar-refractivity contribution is 6.34. The topological polar surface area (TPSA) is 46.3 Å². The third-order valence-electron chi connectivity index (χ3n) is 4.36. The Hall–Kier alpha value is -1.13. The van der Waals surface area contributed by atoms with E-state index in [4.69, 9.17) is 17.3 Å². The number of carbonyl (C=O) groups excluding carboxylic acids is 1. The second kappa shape index (κ2) is 7.23. The number of carbonyl (C=O) groups is 1. The molecule has 116 valence electrons. The highest BCUT2D eigenvalue weighted by Gasteiger charge is 2.32. The summed E-state index contributed by atoms with van der Waals surface area (Å²) < 4.78 is 13.6. The molecular formula is C16H22ClFN2O. The van der Waals surface area contributed by atoms with E-state index < -0.39 is 5.82 Å². The van der Waals surface area contributed by atoms with Crippen LogP contribution in [0.15, 0.2) is 18.2 Å². The maximum atomic E-state index is 13.6. The van der Waals surface area contributed by atoms with E-state index in [0.717, 1.165) is 25.7 Å². The van der Waals surface area contributed by atoms with Crippen molar-refractivity contribution in [3.8, 4) is 0 Å². The lowest BCUT2D eigenvalue weighted by molar-refractivity contribution is 0.0560. The Labute approximate surface area is 130 Å². The summed E-state index contributed by atoms with van der Waals surface area (Å²) >= 11 is 5.95. The second-order valence-electron chi connectivity index (χ2n) is 5.54. The van der Waals surface area contributed by atoms with Crippen LogP contribution in [0.3, 0.4) is 0 Å². The van der Waals surface area contributed by atoms with Crippen LogP contribution in [0.25, 0.3) is 0 Å². The largest absolute Gasteiger partial charge is 0.336 e. The molecule has 3 nitrogen and oxygen atoms in total. The molecule has 2 N–H and O–H groups in total. The van der Waals surface area contributed by atoms with Crippen molar-refractivity contribution in [2.45, 2.75) is 38.6 Å². The van der Waals surface area contributed by atoms with E-state index in [0.29, 0.717) is 19.0 Å². The van der Waals surface area contributed by atoms with Gasteiger partial charge in [-0.3, -0.25) is 4.79 Å². The third-order valence-corrected chi connectivity index (χ3v) is 4.74. The number of benzene rings is 1. The summed E-state index contributed by atoms with van der Waals surface area (Å²) in [4.78, 5) is 14.5. The van der Waals surface area contributed by atoms with Gasteiger partial charge in [-0.25, -0.2) is 4.39 Å². The van der Waals surface area contributed by atoms with Gasteiger partial charge in [0.1, 0.15) is 5.82 Å². The number of amides is 1. The van der Waals surface area contributed by atoms with Crippen LogP contribution >= 0.6 is 11.6 Å². The van der Waals surface area contributed by atoms with Crippen LogP contribution in [0.5, 0.6) is 0 Å². The van der Waals surface area contributed by atoms with Gasteiger partial charge in [-0.05, 0) is 44.4 Å². The molecule has 1 aliphatic rings. The SMILES string of the molecule is CCN(C(=O)c1cccc(F)c1Cl)C1CCCCC1CN. The number of rotatable bonds is 4. The number of hydrogen-bond acceptors (Lipinski definition) is 2. The minimum absolute atomic E-state index is 0.0962. The summed E-state index contributed by atoms with van der Waals surface area (Å²) in [7, 11) is 0. The zero-order valence-electron chi connectivity index (χ0n) is 12.3. The molecule has 21 heavy (non-hydrogen) atoms. The van der Waals surface area contributed by atoms with Gasteiger partial charge < -0.3 is 10.6 Å². The minimum Gasteiger partial charge on any atom is -0.336 e. The van der Waals surface area contributed by atoms with Crippen LogP contribution in [0.2, 0.25) is 5.02 Å². The molecule has 0 spiro atoms. The fourth-order valence-corrected chi connectivity index (χ4v) is 3.43. The van der Waals surface area contributed by atoms with Crippen molar-refractivity contribution >= 4 is 17.5 Å². The lowest BCUT2D eigenvalue weighted by Crippen LogP contribution is -2.48. The predicted octanol–water partition coefficient (Wildman–Crippen LogP) is 3.46. The maximum absolute atomic E-state index is 13.6. The van der Waals surface area contributed by atoms with Gasteiger partial charge in [-0.15, -0.1) is 0 Å². The number of halogens is 2. The zero-order chi connectivity index (χ0) is 15.4. The molecule has 5 heteroatoms. The van der Waals surface area contributed by atoms with Crippen molar-refractivity contribution in [1.82, 2.24) is 4.90 Å². The summed E-state index contributed by atoms with van der Waals surface area (Å²) in [5.41, 5.74) is 6.09. The monoisotopic (exact) mass is 312 g/mol. The maximum Gasteiger partial charge on any atom is 0.255 e. The molecule has 0 heterocycles. The zero-order valence-corrected chi connectivity index (χ0v) is 13.1. The molecule has 1 aromatic carbocycles. The molecule has 0 aromatic heterocycles. The van der Waals surface area contributed by atoms with Crippen LogP contribution in [-0.4, -0.2) is 29.9 Å². The van der Waals surface area contributed by atoms with Gasteiger partial charge in [0.05, 0.1) is 10.6 Å². The number of nitrogens with zero attached hydrogens (tertiary/aromatic N) is 1. The number of nitrogens with two attached hydrogens (primary N) is 1. The normalized spacial score (nSPS) is 22.1. The van der Waals surface area contributed by atoms with E-state index in [1.165, 1.54) is 12.1 Å². The Morgan fingerprint density at radius 2 is 2.14 bits per heavy atom. The third kappa shape index (κ3) is 3.38. The minimum atomic E-state index is -0.558. The Kier molecular flexibility index (Phi) is 5.59. The average molecular weight is 313 g/mol. The van der Waals surface area contributed by atoms with Crippen LogP contribution in [0.4, 0.5) is 4.39 Å². The van der Waals surface area contributed by atoms with Gasteiger partial charge in [0.25, 0.3) is 5.91 Å². The van der Waals surface area contributed by atoms with Crippen molar-refractivity contribution in [3.63, 3.8) is 0 Å². The molecule has 2 atom stereocenters. The molecule has 1 fully saturated rings. The van der Waals surface area contributed by atoms with Gasteiger partial charge in [-0.1, -0.05) is 30.5 Å². The van der Waals surface area contributed by atoms with Crippen LogP contribution in [0, 0.1) is 11.7 Å². The van der Waals surface area contributed by atoms with Crippen LogP contribution in [0.1, 0.15) is 43.0 Å². The van der Waals surface area contributed by atoms with Gasteiger partial charge in [0, 0.05) is 12.6 Å². The second-order valence-corrected chi connectivity index (χ2v) is 5.92. The first-order valence-corrected chi connectivity index (χ1v) is 7.93. The van der Waals surface area contributed by atoms with Crippen LogP contribution < -0.4 is 5.73 Å². The van der Waals surface area contributed by atoms with E-state index in [2.05, 4.69) is 0 Å². The first-order chi connectivity index (χ1) is 10.1. The lowest BCUT2D eigenvalue weighted by atomic mass is 9.83. The predicted molar refractivity (Wildman–Crippen MR) is 82.9 cm³/mol. The number of hydrogen-bond donors (Lipinski definition) is 1. The molecule has 1 aromatic rings.